The summed E-state index contributed by atoms with van der Waals surface area (Å²) in [5.74, 6) is -0.281. The first-order valence-corrected chi connectivity index (χ1v) is 8.30. The average molecular weight is 354 g/mol. The van der Waals surface area contributed by atoms with Gasteiger partial charge in [0, 0.05) is 37.0 Å². The van der Waals surface area contributed by atoms with Gasteiger partial charge in [-0.2, -0.15) is 0 Å². The molecule has 0 atom stereocenters. The van der Waals surface area contributed by atoms with Crippen LogP contribution >= 0.6 is 0 Å². The normalized spacial score (nSPS) is 9.88. The van der Waals surface area contributed by atoms with E-state index in [-0.39, 0.29) is 17.8 Å². The number of hydrogen-bond donors (Lipinski definition) is 4. The Kier molecular flexibility index (Phi) is 7.17. The molecule has 26 heavy (non-hydrogen) atoms. The Bertz CT molecular complexity index is 745. The number of nitrogens with one attached hydrogen (secondary N) is 4. The van der Waals surface area contributed by atoms with Crippen LogP contribution in [0.5, 0.6) is 0 Å². The predicted octanol–water partition coefficient (Wildman–Crippen LogP) is 2.59. The quantitative estimate of drug-likeness (QED) is 0.575. The lowest BCUT2D eigenvalue weighted by molar-refractivity contribution is -0.116. The fourth-order valence-electron chi connectivity index (χ4n) is 2.20. The lowest BCUT2D eigenvalue weighted by atomic mass is 10.2. The standard InChI is InChI=1S/C19H22N4O3/c1-20-19(26)23-16-11-9-15(10-12-16)22-17(24)8-5-13-21-18(25)14-6-3-2-4-7-14/h2-4,6-7,9-12H,5,8,13H2,1H3,(H,21,25)(H,22,24)(H2,20,23,26). The molecule has 0 radical (unpaired) electrons. The van der Waals surface area contributed by atoms with Crippen LogP contribution in [-0.2, 0) is 4.79 Å². The van der Waals surface area contributed by atoms with Crippen LogP contribution in [0.2, 0.25) is 0 Å². The van der Waals surface area contributed by atoms with Crippen LogP contribution in [0.4, 0.5) is 16.2 Å². The molecule has 2 rings (SSSR count). The Morgan fingerprint density at radius 2 is 1.46 bits per heavy atom. The molecule has 0 saturated heterocycles. The van der Waals surface area contributed by atoms with Gasteiger partial charge in [-0.3, -0.25) is 9.59 Å². The smallest absolute Gasteiger partial charge is 0.318 e. The highest BCUT2D eigenvalue weighted by Gasteiger charge is 2.06. The summed E-state index contributed by atoms with van der Waals surface area (Å²) in [7, 11) is 1.53. The monoisotopic (exact) mass is 354 g/mol. The zero-order chi connectivity index (χ0) is 18.8. The van der Waals surface area contributed by atoms with E-state index >= 15 is 0 Å². The third-order valence-corrected chi connectivity index (χ3v) is 3.56. The maximum absolute atomic E-state index is 11.9. The Morgan fingerprint density at radius 1 is 0.846 bits per heavy atom. The van der Waals surface area contributed by atoms with Gasteiger partial charge in [-0.15, -0.1) is 0 Å². The first kappa shape index (κ1) is 19.0. The summed E-state index contributed by atoms with van der Waals surface area (Å²) in [6.07, 6.45) is 0.841. The van der Waals surface area contributed by atoms with Gasteiger partial charge >= 0.3 is 6.03 Å². The molecule has 0 unspecified atom stereocenters. The van der Waals surface area contributed by atoms with Crippen molar-refractivity contribution in [2.45, 2.75) is 12.8 Å². The first-order valence-electron chi connectivity index (χ1n) is 8.30. The van der Waals surface area contributed by atoms with E-state index in [0.29, 0.717) is 36.3 Å². The third-order valence-electron chi connectivity index (χ3n) is 3.56. The van der Waals surface area contributed by atoms with Gasteiger partial charge in [0.1, 0.15) is 0 Å². The number of amides is 4. The van der Waals surface area contributed by atoms with Crippen LogP contribution in [0, 0.1) is 0 Å². The number of carbonyl (C=O) groups is 3. The number of carbonyl (C=O) groups excluding carboxylic acids is 3. The van der Waals surface area contributed by atoms with E-state index in [1.807, 2.05) is 6.07 Å². The Balaban J connectivity index is 1.68. The summed E-state index contributed by atoms with van der Waals surface area (Å²) in [4.78, 5) is 35.0. The van der Waals surface area contributed by atoms with Gasteiger partial charge in [0.2, 0.25) is 5.91 Å². The van der Waals surface area contributed by atoms with E-state index in [0.717, 1.165) is 0 Å². The van der Waals surface area contributed by atoms with E-state index < -0.39 is 0 Å². The molecule has 0 spiro atoms. The minimum absolute atomic E-state index is 0.133. The zero-order valence-electron chi connectivity index (χ0n) is 14.5. The van der Waals surface area contributed by atoms with Gasteiger partial charge in [0.25, 0.3) is 5.91 Å². The number of anilines is 2. The fourth-order valence-corrected chi connectivity index (χ4v) is 2.20. The average Bonchev–Trinajstić information content (AvgIpc) is 2.67. The first-order chi connectivity index (χ1) is 12.6. The van der Waals surface area contributed by atoms with E-state index in [4.69, 9.17) is 0 Å². The van der Waals surface area contributed by atoms with E-state index in [9.17, 15) is 14.4 Å². The molecule has 2 aromatic carbocycles. The van der Waals surface area contributed by atoms with Crippen LogP contribution in [0.15, 0.2) is 54.6 Å². The van der Waals surface area contributed by atoms with Crippen LogP contribution < -0.4 is 21.3 Å². The summed E-state index contributed by atoms with van der Waals surface area (Å²) in [6.45, 7) is 0.427. The maximum atomic E-state index is 11.9. The van der Waals surface area contributed by atoms with Crippen molar-refractivity contribution in [3.8, 4) is 0 Å². The van der Waals surface area contributed by atoms with Gasteiger partial charge < -0.3 is 21.3 Å². The van der Waals surface area contributed by atoms with Crippen molar-refractivity contribution < 1.29 is 14.4 Å². The van der Waals surface area contributed by atoms with Gasteiger partial charge in [-0.05, 0) is 42.8 Å². The lowest BCUT2D eigenvalue weighted by Crippen LogP contribution is -2.25. The van der Waals surface area contributed by atoms with E-state index in [2.05, 4.69) is 21.3 Å². The zero-order valence-corrected chi connectivity index (χ0v) is 14.5. The van der Waals surface area contributed by atoms with Gasteiger partial charge in [-0.1, -0.05) is 18.2 Å². The second kappa shape index (κ2) is 9.83. The number of urea groups is 1. The largest absolute Gasteiger partial charge is 0.352 e. The lowest BCUT2D eigenvalue weighted by Gasteiger charge is -2.08. The molecule has 4 N–H and O–H groups in total. The molecule has 0 heterocycles. The minimum atomic E-state index is -0.306. The number of hydrogen-bond acceptors (Lipinski definition) is 3. The highest BCUT2D eigenvalue weighted by Crippen LogP contribution is 2.13. The molecular weight excluding hydrogens is 332 g/mol. The number of rotatable bonds is 7. The van der Waals surface area contributed by atoms with Crippen LogP contribution in [-0.4, -0.2) is 31.4 Å². The molecule has 4 amide bonds. The van der Waals surface area contributed by atoms with E-state index in [1.54, 1.807) is 48.5 Å². The van der Waals surface area contributed by atoms with Crippen molar-refractivity contribution in [1.29, 1.82) is 0 Å². The summed E-state index contributed by atoms with van der Waals surface area (Å²) >= 11 is 0. The van der Waals surface area contributed by atoms with Crippen molar-refractivity contribution in [2.24, 2.45) is 0 Å². The van der Waals surface area contributed by atoms with E-state index in [1.165, 1.54) is 7.05 Å². The minimum Gasteiger partial charge on any atom is -0.352 e. The fraction of sp³-hybridized carbons (Fsp3) is 0.211. The molecule has 0 aliphatic carbocycles. The third kappa shape index (κ3) is 6.27. The summed E-state index contributed by atoms with van der Waals surface area (Å²) < 4.78 is 0. The Morgan fingerprint density at radius 3 is 2.08 bits per heavy atom. The highest BCUT2D eigenvalue weighted by molar-refractivity contribution is 5.94. The summed E-state index contributed by atoms with van der Waals surface area (Å²) in [5, 5.41) is 10.7. The summed E-state index contributed by atoms with van der Waals surface area (Å²) in [6, 6.07) is 15.4. The Hall–Kier alpha value is -3.35. The SMILES string of the molecule is CNC(=O)Nc1ccc(NC(=O)CCCNC(=O)c2ccccc2)cc1. The van der Waals surface area contributed by atoms with Crippen molar-refractivity contribution in [3.05, 3.63) is 60.2 Å². The second-order valence-electron chi connectivity index (χ2n) is 5.56. The van der Waals surface area contributed by atoms with Gasteiger partial charge in [-0.25, -0.2) is 4.79 Å². The molecular formula is C19H22N4O3. The molecule has 7 nitrogen and oxygen atoms in total. The van der Waals surface area contributed by atoms with Crippen molar-refractivity contribution in [3.63, 3.8) is 0 Å². The molecule has 136 valence electrons. The van der Waals surface area contributed by atoms with Gasteiger partial charge in [0.15, 0.2) is 0 Å². The van der Waals surface area contributed by atoms with Gasteiger partial charge in [0.05, 0.1) is 0 Å². The molecule has 0 aliphatic rings. The molecule has 0 aliphatic heterocycles. The highest BCUT2D eigenvalue weighted by atomic mass is 16.2. The maximum Gasteiger partial charge on any atom is 0.318 e. The number of benzene rings is 2. The van der Waals surface area contributed by atoms with Crippen molar-refractivity contribution in [2.75, 3.05) is 24.2 Å². The molecule has 0 saturated carbocycles. The second-order valence-corrected chi connectivity index (χ2v) is 5.56. The molecule has 0 fully saturated rings. The topological polar surface area (TPSA) is 99.3 Å². The van der Waals surface area contributed by atoms with Crippen molar-refractivity contribution >= 4 is 29.2 Å². The summed E-state index contributed by atoms with van der Waals surface area (Å²) in [5.41, 5.74) is 1.87. The molecule has 2 aromatic rings. The Labute approximate surface area is 152 Å². The van der Waals surface area contributed by atoms with Crippen molar-refractivity contribution in [1.82, 2.24) is 10.6 Å². The molecule has 7 heteroatoms. The van der Waals surface area contributed by atoms with Crippen LogP contribution in [0.25, 0.3) is 0 Å². The van der Waals surface area contributed by atoms with Crippen LogP contribution in [0.3, 0.4) is 0 Å². The van der Waals surface area contributed by atoms with Crippen LogP contribution in [0.1, 0.15) is 23.2 Å². The molecule has 0 bridgehead atoms. The molecule has 0 aromatic heterocycles. The predicted molar refractivity (Wildman–Crippen MR) is 101 cm³/mol.